The summed E-state index contributed by atoms with van der Waals surface area (Å²) in [5.74, 6) is 5.39. The van der Waals surface area contributed by atoms with Crippen molar-refractivity contribution in [2.75, 3.05) is 6.26 Å². The maximum Gasteiger partial charge on any atom is 0.151 e. The lowest BCUT2D eigenvalue weighted by atomic mass is 9.88. The number of rotatable bonds is 5. The first-order valence-corrected chi connectivity index (χ1v) is 7.18. The molecule has 0 saturated carbocycles. The molecular weight excluding hydrogens is 212 g/mol. The molecule has 0 radical (unpaired) electrons. The van der Waals surface area contributed by atoms with Gasteiger partial charge in [0, 0.05) is 12.3 Å². The minimum atomic E-state index is -3.02. The van der Waals surface area contributed by atoms with Crippen molar-refractivity contribution in [3.05, 3.63) is 0 Å². The molecule has 0 spiro atoms. The first kappa shape index (κ1) is 14.9. The molecule has 0 saturated heterocycles. The van der Waals surface area contributed by atoms with Gasteiger partial charge < -0.3 is 0 Å². The van der Waals surface area contributed by atoms with E-state index in [4.69, 9.17) is 5.84 Å². The van der Waals surface area contributed by atoms with Crippen LogP contribution >= 0.6 is 0 Å². The van der Waals surface area contributed by atoms with Crippen molar-refractivity contribution in [2.24, 2.45) is 11.3 Å². The summed E-state index contributed by atoms with van der Waals surface area (Å²) in [7, 11) is -3.02. The van der Waals surface area contributed by atoms with Crippen LogP contribution in [0.4, 0.5) is 0 Å². The molecule has 0 fully saturated rings. The molecule has 0 heterocycles. The summed E-state index contributed by atoms with van der Waals surface area (Å²) in [4.78, 5) is 0. The van der Waals surface area contributed by atoms with Crippen LogP contribution in [0.25, 0.3) is 0 Å². The highest BCUT2D eigenvalue weighted by molar-refractivity contribution is 7.91. The van der Waals surface area contributed by atoms with E-state index in [1.165, 1.54) is 6.26 Å². The summed E-state index contributed by atoms with van der Waals surface area (Å²) in [5, 5.41) is -0.440. The predicted molar refractivity (Wildman–Crippen MR) is 64.1 cm³/mol. The van der Waals surface area contributed by atoms with Gasteiger partial charge in [-0.1, -0.05) is 20.8 Å². The zero-order chi connectivity index (χ0) is 12.3. The highest BCUT2D eigenvalue weighted by atomic mass is 32.2. The predicted octanol–water partition coefficient (Wildman–Crippen LogP) is 1.08. The molecule has 0 bridgehead atoms. The molecule has 0 aliphatic heterocycles. The summed E-state index contributed by atoms with van der Waals surface area (Å²) in [6, 6.07) is -0.167. The molecule has 0 amide bonds. The Morgan fingerprint density at radius 3 is 2.07 bits per heavy atom. The first-order chi connectivity index (χ1) is 6.58. The Kier molecular flexibility index (Phi) is 5.23. The Morgan fingerprint density at radius 2 is 1.80 bits per heavy atom. The first-order valence-electron chi connectivity index (χ1n) is 5.23. The molecule has 15 heavy (non-hydrogen) atoms. The van der Waals surface area contributed by atoms with Crippen molar-refractivity contribution in [3.63, 3.8) is 0 Å². The SMILES string of the molecule is CC(C(CCC(C)(C)C)NN)S(C)(=O)=O. The van der Waals surface area contributed by atoms with Crippen molar-refractivity contribution in [1.82, 2.24) is 5.43 Å². The second kappa shape index (κ2) is 5.27. The van der Waals surface area contributed by atoms with Gasteiger partial charge in [-0.2, -0.15) is 0 Å². The fourth-order valence-electron chi connectivity index (χ4n) is 1.34. The smallest absolute Gasteiger partial charge is 0.151 e. The van der Waals surface area contributed by atoms with E-state index in [1.807, 2.05) is 0 Å². The van der Waals surface area contributed by atoms with E-state index in [2.05, 4.69) is 26.2 Å². The largest absolute Gasteiger partial charge is 0.271 e. The van der Waals surface area contributed by atoms with Gasteiger partial charge in [-0.25, -0.2) is 8.42 Å². The van der Waals surface area contributed by atoms with Crippen LogP contribution in [-0.4, -0.2) is 26.0 Å². The van der Waals surface area contributed by atoms with Gasteiger partial charge in [0.15, 0.2) is 9.84 Å². The van der Waals surface area contributed by atoms with Crippen LogP contribution in [0.3, 0.4) is 0 Å². The monoisotopic (exact) mass is 236 g/mol. The average molecular weight is 236 g/mol. The standard InChI is InChI=1S/C10H24N2O2S/c1-8(15(5,13)14)9(12-11)6-7-10(2,3)4/h8-9,12H,6-7,11H2,1-5H3. The van der Waals surface area contributed by atoms with E-state index >= 15 is 0 Å². The third-order valence-electron chi connectivity index (χ3n) is 2.66. The van der Waals surface area contributed by atoms with Crippen LogP contribution in [0.15, 0.2) is 0 Å². The molecule has 0 rings (SSSR count). The van der Waals surface area contributed by atoms with Gasteiger partial charge in [-0.05, 0) is 25.2 Å². The molecule has 92 valence electrons. The molecule has 5 heteroatoms. The molecule has 0 aromatic rings. The normalized spacial score (nSPS) is 17.5. The van der Waals surface area contributed by atoms with Crippen molar-refractivity contribution >= 4 is 9.84 Å². The van der Waals surface area contributed by atoms with E-state index in [0.717, 1.165) is 12.8 Å². The number of nitrogens with one attached hydrogen (secondary N) is 1. The number of nitrogens with two attached hydrogens (primary N) is 1. The zero-order valence-electron chi connectivity index (χ0n) is 10.4. The van der Waals surface area contributed by atoms with Crippen molar-refractivity contribution in [1.29, 1.82) is 0 Å². The molecule has 2 unspecified atom stereocenters. The van der Waals surface area contributed by atoms with E-state index in [-0.39, 0.29) is 11.5 Å². The van der Waals surface area contributed by atoms with Crippen molar-refractivity contribution in [3.8, 4) is 0 Å². The second-order valence-electron chi connectivity index (χ2n) is 5.41. The number of sulfone groups is 1. The summed E-state index contributed by atoms with van der Waals surface area (Å²) in [6.07, 6.45) is 2.97. The van der Waals surface area contributed by atoms with Crippen LogP contribution in [0.2, 0.25) is 0 Å². The Hall–Kier alpha value is -0.130. The van der Waals surface area contributed by atoms with E-state index in [0.29, 0.717) is 0 Å². The maximum absolute atomic E-state index is 11.4. The molecule has 3 N–H and O–H groups in total. The van der Waals surface area contributed by atoms with Gasteiger partial charge in [0.1, 0.15) is 0 Å². The van der Waals surface area contributed by atoms with Gasteiger partial charge in [0.05, 0.1) is 5.25 Å². The van der Waals surface area contributed by atoms with Crippen LogP contribution in [0, 0.1) is 5.41 Å². The highest BCUT2D eigenvalue weighted by Gasteiger charge is 2.26. The van der Waals surface area contributed by atoms with Crippen LogP contribution in [-0.2, 0) is 9.84 Å². The summed E-state index contributed by atoms with van der Waals surface area (Å²) in [6.45, 7) is 8.09. The minimum absolute atomic E-state index is 0.167. The van der Waals surface area contributed by atoms with E-state index in [1.54, 1.807) is 6.92 Å². The Balaban J connectivity index is 4.39. The highest BCUT2D eigenvalue weighted by Crippen LogP contribution is 2.23. The van der Waals surface area contributed by atoms with Gasteiger partial charge in [-0.3, -0.25) is 11.3 Å². The Morgan fingerprint density at radius 1 is 1.33 bits per heavy atom. The summed E-state index contributed by atoms with van der Waals surface area (Å²) < 4.78 is 22.7. The fourth-order valence-corrected chi connectivity index (χ4v) is 2.15. The molecule has 0 aliphatic rings. The summed E-state index contributed by atoms with van der Waals surface area (Å²) >= 11 is 0. The quantitative estimate of drug-likeness (QED) is 0.553. The number of hydrogen-bond acceptors (Lipinski definition) is 4. The fraction of sp³-hybridized carbons (Fsp3) is 1.00. The lowest BCUT2D eigenvalue weighted by Crippen LogP contribution is -2.46. The second-order valence-corrected chi connectivity index (χ2v) is 7.81. The number of hydrogen-bond donors (Lipinski definition) is 2. The zero-order valence-corrected chi connectivity index (χ0v) is 11.2. The van der Waals surface area contributed by atoms with Gasteiger partial charge in [0.2, 0.25) is 0 Å². The minimum Gasteiger partial charge on any atom is -0.271 e. The Bertz CT molecular complexity index is 280. The average Bonchev–Trinajstić information content (AvgIpc) is 2.01. The molecule has 4 nitrogen and oxygen atoms in total. The van der Waals surface area contributed by atoms with Gasteiger partial charge >= 0.3 is 0 Å². The molecular formula is C10H24N2O2S. The van der Waals surface area contributed by atoms with Crippen molar-refractivity contribution < 1.29 is 8.42 Å². The molecule has 0 aromatic carbocycles. The Labute approximate surface area is 93.5 Å². The lowest BCUT2D eigenvalue weighted by molar-refractivity contribution is 0.327. The van der Waals surface area contributed by atoms with Gasteiger partial charge in [-0.15, -0.1) is 0 Å². The topological polar surface area (TPSA) is 72.2 Å². The molecule has 0 aromatic heterocycles. The lowest BCUT2D eigenvalue weighted by Gasteiger charge is -2.26. The summed E-state index contributed by atoms with van der Waals surface area (Å²) in [5.41, 5.74) is 2.80. The van der Waals surface area contributed by atoms with Crippen molar-refractivity contribution in [2.45, 2.75) is 51.8 Å². The van der Waals surface area contributed by atoms with Gasteiger partial charge in [0.25, 0.3) is 0 Å². The van der Waals surface area contributed by atoms with E-state index in [9.17, 15) is 8.42 Å². The van der Waals surface area contributed by atoms with Crippen LogP contribution < -0.4 is 11.3 Å². The number of hydrazine groups is 1. The van der Waals surface area contributed by atoms with Crippen LogP contribution in [0.1, 0.15) is 40.5 Å². The third-order valence-corrected chi connectivity index (χ3v) is 4.34. The van der Waals surface area contributed by atoms with E-state index < -0.39 is 15.1 Å². The third kappa shape index (κ3) is 6.12. The maximum atomic E-state index is 11.4. The molecule has 2 atom stereocenters. The molecule has 0 aliphatic carbocycles. The van der Waals surface area contributed by atoms with Crippen LogP contribution in [0.5, 0.6) is 0 Å².